The van der Waals surface area contributed by atoms with Gasteiger partial charge in [-0.2, -0.15) is 0 Å². The number of nitrogens with one attached hydrogen (secondary N) is 1. The van der Waals surface area contributed by atoms with E-state index in [4.69, 9.17) is 4.79 Å². The number of thiazole rings is 2. The van der Waals surface area contributed by atoms with Crippen molar-refractivity contribution in [2.24, 2.45) is 0 Å². The topological polar surface area (TPSA) is 54.9 Å². The summed E-state index contributed by atoms with van der Waals surface area (Å²) in [5.41, 5.74) is 3.02. The number of aromatic nitrogens is 2. The van der Waals surface area contributed by atoms with E-state index in [0.29, 0.717) is 0 Å². The minimum absolute atomic E-state index is 0.224. The summed E-state index contributed by atoms with van der Waals surface area (Å²) in [5, 5.41) is 6.03. The van der Waals surface area contributed by atoms with Crippen molar-refractivity contribution in [3.05, 3.63) is 53.7 Å². The molecule has 138 valence electrons. The van der Waals surface area contributed by atoms with E-state index < -0.39 is 0 Å². The maximum absolute atomic E-state index is 13.0. The molecule has 0 amide bonds. The summed E-state index contributed by atoms with van der Waals surface area (Å²) >= 11 is 4.77. The minimum Gasteiger partial charge on any atom is -0.365 e. The number of hydrogen-bond acceptors (Lipinski definition) is 7. The third-order valence-electron chi connectivity index (χ3n) is 3.40. The Kier molecular flexibility index (Phi) is 6.54. The van der Waals surface area contributed by atoms with Crippen molar-refractivity contribution in [2.45, 2.75) is 16.2 Å². The van der Waals surface area contributed by atoms with E-state index in [0.717, 1.165) is 42.1 Å². The molecule has 0 spiro atoms. The van der Waals surface area contributed by atoms with Gasteiger partial charge in [0.2, 0.25) is 0 Å². The normalized spacial score (nSPS) is 10.3. The number of nitrogens with zero attached hydrogens (tertiary/aromatic N) is 2. The molecule has 2 aromatic heterocycles. The van der Waals surface area contributed by atoms with E-state index in [1.54, 1.807) is 46.6 Å². The molecule has 0 aliphatic carbocycles. The third kappa shape index (κ3) is 4.91. The Balaban J connectivity index is 0.000000659. The Bertz CT molecular complexity index is 1040. The Morgan fingerprint density at radius 1 is 1.15 bits per heavy atom. The first-order valence-corrected chi connectivity index (χ1v) is 10.5. The number of hydrogen-bond donors (Lipinski definition) is 1. The molecule has 2 heterocycles. The lowest BCUT2D eigenvalue weighted by Gasteiger charge is -1.98. The second-order valence-electron chi connectivity index (χ2n) is 5.24. The molecule has 1 N–H and O–H groups in total. The number of anilines is 1. The van der Waals surface area contributed by atoms with Gasteiger partial charge in [0.1, 0.15) is 12.1 Å². The van der Waals surface area contributed by atoms with Crippen molar-refractivity contribution < 1.29 is 9.18 Å². The predicted octanol–water partition coefficient (Wildman–Crippen LogP) is 5.96. The summed E-state index contributed by atoms with van der Waals surface area (Å²) in [6.45, 7) is 1.44. The smallest absolute Gasteiger partial charge is 0.183 e. The summed E-state index contributed by atoms with van der Waals surface area (Å²) in [5.74, 6) is -0.224. The Labute approximate surface area is 168 Å². The molecule has 4 nitrogen and oxygen atoms in total. The summed E-state index contributed by atoms with van der Waals surface area (Å²) in [6, 6.07) is 12.7. The molecule has 0 fully saturated rings. The molecule has 2 aromatic carbocycles. The monoisotopic (exact) mass is 417 g/mol. The average molecular weight is 418 g/mol. The minimum atomic E-state index is -0.224. The van der Waals surface area contributed by atoms with Gasteiger partial charge < -0.3 is 10.1 Å². The van der Waals surface area contributed by atoms with E-state index in [2.05, 4.69) is 21.4 Å². The second kappa shape index (κ2) is 9.07. The fourth-order valence-electron chi connectivity index (χ4n) is 2.23. The van der Waals surface area contributed by atoms with Crippen LogP contribution in [0.5, 0.6) is 0 Å². The van der Waals surface area contributed by atoms with Gasteiger partial charge in [-0.3, -0.25) is 0 Å². The van der Waals surface area contributed by atoms with Crippen LogP contribution in [0.4, 0.5) is 9.52 Å². The Hall–Kier alpha value is -2.29. The summed E-state index contributed by atoms with van der Waals surface area (Å²) < 4.78 is 15.1. The van der Waals surface area contributed by atoms with Crippen LogP contribution < -0.4 is 5.32 Å². The van der Waals surface area contributed by atoms with E-state index in [1.165, 1.54) is 19.1 Å². The molecule has 4 aromatic rings. The molecule has 0 bridgehead atoms. The molecule has 4 rings (SSSR count). The van der Waals surface area contributed by atoms with Crippen LogP contribution in [0, 0.1) is 5.82 Å². The van der Waals surface area contributed by atoms with Crippen LogP contribution in [0.1, 0.15) is 6.92 Å². The number of carbonyl (C=O) groups excluding carboxylic acids is 1. The maximum atomic E-state index is 13.0. The first-order chi connectivity index (χ1) is 13.1. The second-order valence-corrected chi connectivity index (χ2v) is 8.45. The van der Waals surface area contributed by atoms with Crippen molar-refractivity contribution in [1.29, 1.82) is 0 Å². The SMILES string of the molecule is CC=O.CNc1nc2ccc(-c3csc(Sc4ccc(F)cc4)n3)cc2s1. The third-order valence-corrected chi connectivity index (χ3v) is 6.38. The van der Waals surface area contributed by atoms with Crippen molar-refractivity contribution >= 4 is 56.1 Å². The van der Waals surface area contributed by atoms with Crippen LogP contribution in [-0.4, -0.2) is 23.3 Å². The molecule has 27 heavy (non-hydrogen) atoms. The van der Waals surface area contributed by atoms with Gasteiger partial charge in [0.05, 0.1) is 15.9 Å². The zero-order chi connectivity index (χ0) is 19.2. The fourth-order valence-corrected chi connectivity index (χ4v) is 4.89. The highest BCUT2D eigenvalue weighted by Crippen LogP contribution is 2.35. The van der Waals surface area contributed by atoms with Crippen LogP contribution in [0.2, 0.25) is 0 Å². The van der Waals surface area contributed by atoms with Gasteiger partial charge >= 0.3 is 0 Å². The number of benzene rings is 2. The fraction of sp³-hybridized carbons (Fsp3) is 0.105. The Morgan fingerprint density at radius 3 is 2.59 bits per heavy atom. The average Bonchev–Trinajstić information content (AvgIpc) is 3.30. The largest absolute Gasteiger partial charge is 0.365 e. The molecule has 0 aliphatic rings. The van der Waals surface area contributed by atoms with Crippen LogP contribution in [0.15, 0.2) is 57.1 Å². The number of carbonyl (C=O) groups is 1. The van der Waals surface area contributed by atoms with Crippen molar-refractivity contribution in [1.82, 2.24) is 9.97 Å². The van der Waals surface area contributed by atoms with Crippen LogP contribution in [0.3, 0.4) is 0 Å². The number of rotatable bonds is 4. The highest BCUT2D eigenvalue weighted by molar-refractivity contribution is 8.01. The zero-order valence-corrected chi connectivity index (χ0v) is 17.1. The molecule has 8 heteroatoms. The van der Waals surface area contributed by atoms with Gasteiger partial charge in [0.15, 0.2) is 9.47 Å². The van der Waals surface area contributed by atoms with E-state index in [1.807, 2.05) is 24.6 Å². The number of aldehydes is 1. The zero-order valence-electron chi connectivity index (χ0n) is 14.6. The molecule has 0 atom stereocenters. The molecule has 0 saturated heterocycles. The van der Waals surface area contributed by atoms with Crippen molar-refractivity contribution in [3.8, 4) is 11.3 Å². The van der Waals surface area contributed by atoms with Gasteiger partial charge in [-0.15, -0.1) is 11.3 Å². The van der Waals surface area contributed by atoms with Crippen LogP contribution in [-0.2, 0) is 4.79 Å². The highest BCUT2D eigenvalue weighted by Gasteiger charge is 2.09. The van der Waals surface area contributed by atoms with Gasteiger partial charge in [0, 0.05) is 22.9 Å². The van der Waals surface area contributed by atoms with E-state index in [-0.39, 0.29) is 5.82 Å². The lowest BCUT2D eigenvalue weighted by molar-refractivity contribution is -0.106. The lowest BCUT2D eigenvalue weighted by atomic mass is 10.2. The number of halogens is 1. The Morgan fingerprint density at radius 2 is 1.89 bits per heavy atom. The van der Waals surface area contributed by atoms with Crippen LogP contribution in [0.25, 0.3) is 21.5 Å². The molecular formula is C19H16FN3OS3. The quantitative estimate of drug-likeness (QED) is 0.415. The maximum Gasteiger partial charge on any atom is 0.183 e. The van der Waals surface area contributed by atoms with E-state index in [9.17, 15) is 4.39 Å². The van der Waals surface area contributed by atoms with Gasteiger partial charge in [-0.05, 0) is 43.3 Å². The lowest BCUT2D eigenvalue weighted by Crippen LogP contribution is -1.83. The first-order valence-electron chi connectivity index (χ1n) is 8.00. The molecule has 0 unspecified atom stereocenters. The van der Waals surface area contributed by atoms with Crippen molar-refractivity contribution in [2.75, 3.05) is 12.4 Å². The molecular weight excluding hydrogens is 401 g/mol. The summed E-state index contributed by atoms with van der Waals surface area (Å²) in [7, 11) is 1.87. The van der Waals surface area contributed by atoms with Crippen LogP contribution >= 0.6 is 34.4 Å². The van der Waals surface area contributed by atoms with Gasteiger partial charge in [-0.1, -0.05) is 29.2 Å². The summed E-state index contributed by atoms with van der Waals surface area (Å²) in [4.78, 5) is 19.0. The number of fused-ring (bicyclic) bond motifs is 1. The predicted molar refractivity (Wildman–Crippen MR) is 113 cm³/mol. The standard InChI is InChI=1S/C17H12FN3S3.C2H4O/c1-19-16-20-13-7-2-10(8-15(13)24-16)14-9-22-17(21-14)23-12-5-3-11(18)4-6-12;1-2-3/h2-9H,1H3,(H,19,20);2H,1H3. The first kappa shape index (κ1) is 19.5. The summed E-state index contributed by atoms with van der Waals surface area (Å²) in [6.07, 6.45) is 0.750. The highest BCUT2D eigenvalue weighted by atomic mass is 32.2. The van der Waals surface area contributed by atoms with E-state index >= 15 is 0 Å². The van der Waals surface area contributed by atoms with Gasteiger partial charge in [0.25, 0.3) is 0 Å². The molecule has 0 aliphatic heterocycles. The molecule has 0 saturated carbocycles. The van der Waals surface area contributed by atoms with Gasteiger partial charge in [-0.25, -0.2) is 14.4 Å². The van der Waals surface area contributed by atoms with Crippen molar-refractivity contribution in [3.63, 3.8) is 0 Å². The molecule has 0 radical (unpaired) electrons.